The quantitative estimate of drug-likeness (QED) is 0.797. The summed E-state index contributed by atoms with van der Waals surface area (Å²) in [5.74, 6) is 0. The molecule has 0 saturated heterocycles. The Morgan fingerprint density at radius 2 is 1.89 bits per heavy atom. The standard InChI is InChI=1S/C16H18N2/c1-16(2)12-18(11-13-7-5-6-10-17-13)15-9-4-3-8-14(15)16/h3-10H,11-12H2,1-2H3. The predicted molar refractivity (Wildman–Crippen MR) is 74.8 cm³/mol. The first kappa shape index (κ1) is 11.3. The number of benzene rings is 1. The van der Waals surface area contributed by atoms with Crippen LogP contribution < -0.4 is 4.90 Å². The molecule has 1 aromatic carbocycles. The number of fused-ring (bicyclic) bond motifs is 1. The molecule has 0 bridgehead atoms. The third-order valence-electron chi connectivity index (χ3n) is 3.64. The molecule has 2 heteroatoms. The number of hydrogen-bond donors (Lipinski definition) is 0. The zero-order chi connectivity index (χ0) is 12.6. The Bertz CT molecular complexity index is 546. The lowest BCUT2D eigenvalue weighted by Crippen LogP contribution is -2.28. The van der Waals surface area contributed by atoms with E-state index in [-0.39, 0.29) is 5.41 Å². The van der Waals surface area contributed by atoms with Gasteiger partial charge in [0.05, 0.1) is 12.2 Å². The van der Waals surface area contributed by atoms with Crippen LogP contribution in [0.25, 0.3) is 0 Å². The van der Waals surface area contributed by atoms with Gasteiger partial charge in [-0.05, 0) is 23.8 Å². The molecule has 1 aliphatic heterocycles. The van der Waals surface area contributed by atoms with E-state index in [0.29, 0.717) is 0 Å². The number of pyridine rings is 1. The van der Waals surface area contributed by atoms with Gasteiger partial charge in [-0.25, -0.2) is 0 Å². The van der Waals surface area contributed by atoms with Crippen molar-refractivity contribution in [3.63, 3.8) is 0 Å². The summed E-state index contributed by atoms with van der Waals surface area (Å²) in [5.41, 5.74) is 4.16. The van der Waals surface area contributed by atoms with Crippen molar-refractivity contribution in [3.8, 4) is 0 Å². The van der Waals surface area contributed by atoms with E-state index in [1.807, 2.05) is 12.3 Å². The van der Waals surface area contributed by atoms with E-state index in [4.69, 9.17) is 0 Å². The zero-order valence-corrected chi connectivity index (χ0v) is 10.9. The second kappa shape index (κ2) is 4.13. The maximum atomic E-state index is 4.42. The number of rotatable bonds is 2. The molecule has 0 N–H and O–H groups in total. The van der Waals surface area contributed by atoms with Gasteiger partial charge in [-0.15, -0.1) is 0 Å². The van der Waals surface area contributed by atoms with Crippen LogP contribution in [0.4, 0.5) is 5.69 Å². The van der Waals surface area contributed by atoms with E-state index in [1.54, 1.807) is 0 Å². The molecule has 0 spiro atoms. The molecule has 2 heterocycles. The summed E-state index contributed by atoms with van der Waals surface area (Å²) in [7, 11) is 0. The molecule has 18 heavy (non-hydrogen) atoms. The van der Waals surface area contributed by atoms with Gasteiger partial charge in [0.25, 0.3) is 0 Å². The highest BCUT2D eigenvalue weighted by atomic mass is 15.2. The maximum Gasteiger partial charge on any atom is 0.0602 e. The molecule has 0 radical (unpaired) electrons. The van der Waals surface area contributed by atoms with Crippen LogP contribution in [0, 0.1) is 0 Å². The van der Waals surface area contributed by atoms with E-state index >= 15 is 0 Å². The Morgan fingerprint density at radius 1 is 1.11 bits per heavy atom. The molecular formula is C16H18N2. The molecule has 1 aliphatic rings. The van der Waals surface area contributed by atoms with Gasteiger partial charge in [0, 0.05) is 23.8 Å². The molecule has 2 aromatic rings. The minimum Gasteiger partial charge on any atom is -0.365 e. The molecule has 3 rings (SSSR count). The molecule has 0 unspecified atom stereocenters. The highest BCUT2D eigenvalue weighted by molar-refractivity contribution is 5.62. The second-order valence-corrected chi connectivity index (χ2v) is 5.58. The van der Waals surface area contributed by atoms with Crippen LogP contribution in [0.3, 0.4) is 0 Å². The number of nitrogens with zero attached hydrogens (tertiary/aromatic N) is 2. The summed E-state index contributed by atoms with van der Waals surface area (Å²) in [6.07, 6.45) is 1.86. The van der Waals surface area contributed by atoms with E-state index < -0.39 is 0 Å². The minimum atomic E-state index is 0.228. The second-order valence-electron chi connectivity index (χ2n) is 5.58. The molecule has 2 nitrogen and oxygen atoms in total. The fourth-order valence-corrected chi connectivity index (χ4v) is 2.80. The van der Waals surface area contributed by atoms with Gasteiger partial charge in [0.1, 0.15) is 0 Å². The van der Waals surface area contributed by atoms with Crippen LogP contribution in [-0.2, 0) is 12.0 Å². The zero-order valence-electron chi connectivity index (χ0n) is 10.9. The maximum absolute atomic E-state index is 4.42. The summed E-state index contributed by atoms with van der Waals surface area (Å²) >= 11 is 0. The van der Waals surface area contributed by atoms with Crippen molar-refractivity contribution < 1.29 is 0 Å². The Kier molecular flexibility index (Phi) is 2.58. The Morgan fingerprint density at radius 3 is 2.67 bits per heavy atom. The average Bonchev–Trinajstić information content (AvgIpc) is 2.63. The summed E-state index contributed by atoms with van der Waals surface area (Å²) in [6.45, 7) is 6.57. The molecule has 0 saturated carbocycles. The van der Waals surface area contributed by atoms with Crippen LogP contribution in [0.1, 0.15) is 25.1 Å². The van der Waals surface area contributed by atoms with Gasteiger partial charge in [-0.3, -0.25) is 4.98 Å². The van der Waals surface area contributed by atoms with E-state index in [2.05, 4.69) is 60.1 Å². The summed E-state index contributed by atoms with van der Waals surface area (Å²) in [5, 5.41) is 0. The lowest BCUT2D eigenvalue weighted by molar-refractivity contribution is 0.548. The number of aromatic nitrogens is 1. The fourth-order valence-electron chi connectivity index (χ4n) is 2.80. The Hall–Kier alpha value is -1.83. The van der Waals surface area contributed by atoms with Crippen molar-refractivity contribution in [1.29, 1.82) is 0 Å². The molecule has 0 fully saturated rings. The first-order valence-corrected chi connectivity index (χ1v) is 6.41. The lowest BCUT2D eigenvalue weighted by atomic mass is 9.87. The van der Waals surface area contributed by atoms with Crippen LogP contribution in [0.15, 0.2) is 48.7 Å². The van der Waals surface area contributed by atoms with Crippen molar-refractivity contribution in [2.75, 3.05) is 11.4 Å². The first-order chi connectivity index (χ1) is 8.67. The van der Waals surface area contributed by atoms with Gasteiger partial charge in [-0.1, -0.05) is 38.1 Å². The normalized spacial score (nSPS) is 16.7. The van der Waals surface area contributed by atoms with Gasteiger partial charge in [0.15, 0.2) is 0 Å². The number of anilines is 1. The van der Waals surface area contributed by atoms with Gasteiger partial charge in [-0.2, -0.15) is 0 Å². The van der Waals surface area contributed by atoms with E-state index in [1.165, 1.54) is 11.3 Å². The van der Waals surface area contributed by atoms with E-state index in [0.717, 1.165) is 18.8 Å². The highest BCUT2D eigenvalue weighted by Gasteiger charge is 2.34. The van der Waals surface area contributed by atoms with Gasteiger partial charge < -0.3 is 4.90 Å². The fraction of sp³-hybridized carbons (Fsp3) is 0.312. The predicted octanol–water partition coefficient (Wildman–Crippen LogP) is 3.38. The molecule has 0 atom stereocenters. The monoisotopic (exact) mass is 238 g/mol. The number of hydrogen-bond acceptors (Lipinski definition) is 2. The average molecular weight is 238 g/mol. The van der Waals surface area contributed by atoms with Crippen molar-refractivity contribution >= 4 is 5.69 Å². The van der Waals surface area contributed by atoms with Crippen molar-refractivity contribution in [2.45, 2.75) is 25.8 Å². The third kappa shape index (κ3) is 1.88. The first-order valence-electron chi connectivity index (χ1n) is 6.41. The Labute approximate surface area is 108 Å². The number of para-hydroxylation sites is 1. The van der Waals surface area contributed by atoms with Crippen molar-refractivity contribution in [3.05, 3.63) is 59.9 Å². The largest absolute Gasteiger partial charge is 0.365 e. The smallest absolute Gasteiger partial charge is 0.0602 e. The topological polar surface area (TPSA) is 16.1 Å². The van der Waals surface area contributed by atoms with Gasteiger partial charge in [0.2, 0.25) is 0 Å². The van der Waals surface area contributed by atoms with Crippen LogP contribution >= 0.6 is 0 Å². The molecular weight excluding hydrogens is 220 g/mol. The lowest BCUT2D eigenvalue weighted by Gasteiger charge is -2.22. The molecule has 1 aromatic heterocycles. The van der Waals surface area contributed by atoms with E-state index in [9.17, 15) is 0 Å². The molecule has 0 aliphatic carbocycles. The van der Waals surface area contributed by atoms with Crippen molar-refractivity contribution in [1.82, 2.24) is 4.98 Å². The van der Waals surface area contributed by atoms with Crippen molar-refractivity contribution in [2.24, 2.45) is 0 Å². The van der Waals surface area contributed by atoms with Gasteiger partial charge >= 0.3 is 0 Å². The summed E-state index contributed by atoms with van der Waals surface area (Å²) in [6, 6.07) is 14.8. The van der Waals surface area contributed by atoms with Crippen LogP contribution in [-0.4, -0.2) is 11.5 Å². The minimum absolute atomic E-state index is 0.228. The van der Waals surface area contributed by atoms with Crippen LogP contribution in [0.5, 0.6) is 0 Å². The summed E-state index contributed by atoms with van der Waals surface area (Å²) in [4.78, 5) is 6.85. The summed E-state index contributed by atoms with van der Waals surface area (Å²) < 4.78 is 0. The highest BCUT2D eigenvalue weighted by Crippen LogP contribution is 2.40. The Balaban J connectivity index is 1.92. The SMILES string of the molecule is CC1(C)CN(Cc2ccccn2)c2ccccc21. The molecule has 92 valence electrons. The molecule has 0 amide bonds. The third-order valence-corrected chi connectivity index (χ3v) is 3.64. The van der Waals surface area contributed by atoms with Crippen LogP contribution in [0.2, 0.25) is 0 Å².